The lowest BCUT2D eigenvalue weighted by molar-refractivity contribution is 0.0594. The number of piperidine rings is 1. The van der Waals surface area contributed by atoms with Gasteiger partial charge >= 0.3 is 5.97 Å². The Morgan fingerprint density at radius 2 is 1.97 bits per heavy atom. The fourth-order valence-corrected chi connectivity index (χ4v) is 4.54. The standard InChI is InChI=1S/C22H28N8O2.2ClH/c1-22(13-23)7-11-29(12-8-22)19-17(21(31)32-2)25-16-18(26-19)27-28-20(16)30-10-4-5-14-15(30)6-3-9-24-14;;/h3,6,9H,4-5,7-8,10-13,23H2,1-2H3,(H,26,27,28);2*1H. The molecule has 0 amide bonds. The number of pyridine rings is 1. The fourth-order valence-electron chi connectivity index (χ4n) is 4.54. The number of nitrogens with two attached hydrogens (primary N) is 1. The molecule has 0 saturated carbocycles. The quantitative estimate of drug-likeness (QED) is 0.511. The van der Waals surface area contributed by atoms with Crippen molar-refractivity contribution < 1.29 is 9.53 Å². The van der Waals surface area contributed by atoms with E-state index in [0.717, 1.165) is 56.7 Å². The summed E-state index contributed by atoms with van der Waals surface area (Å²) in [6.45, 7) is 5.14. The molecule has 0 unspecified atom stereocenters. The number of aromatic amines is 1. The Labute approximate surface area is 210 Å². The summed E-state index contributed by atoms with van der Waals surface area (Å²) < 4.78 is 5.05. The first-order chi connectivity index (χ1) is 15.5. The van der Waals surface area contributed by atoms with E-state index in [1.807, 2.05) is 12.1 Å². The highest BCUT2D eigenvalue weighted by Crippen LogP contribution is 2.36. The summed E-state index contributed by atoms with van der Waals surface area (Å²) in [5.74, 6) is 0.668. The lowest BCUT2D eigenvalue weighted by atomic mass is 9.80. The molecule has 184 valence electrons. The number of hydrogen-bond acceptors (Lipinski definition) is 9. The average molecular weight is 509 g/mol. The third-order valence-electron chi connectivity index (χ3n) is 6.71. The number of anilines is 3. The summed E-state index contributed by atoms with van der Waals surface area (Å²) in [4.78, 5) is 30.9. The van der Waals surface area contributed by atoms with Crippen LogP contribution in [-0.4, -0.2) is 64.4 Å². The highest BCUT2D eigenvalue weighted by Gasteiger charge is 2.33. The summed E-state index contributed by atoms with van der Waals surface area (Å²) in [6, 6.07) is 3.95. The molecule has 34 heavy (non-hydrogen) atoms. The maximum absolute atomic E-state index is 12.7. The van der Waals surface area contributed by atoms with Crippen molar-refractivity contribution >= 4 is 59.3 Å². The van der Waals surface area contributed by atoms with Gasteiger partial charge in [0.15, 0.2) is 28.5 Å². The van der Waals surface area contributed by atoms with Gasteiger partial charge in [-0.15, -0.1) is 24.8 Å². The number of ether oxygens (including phenoxy) is 1. The van der Waals surface area contributed by atoms with E-state index in [-0.39, 0.29) is 35.9 Å². The van der Waals surface area contributed by atoms with E-state index in [1.165, 1.54) is 7.11 Å². The van der Waals surface area contributed by atoms with Crippen LogP contribution in [-0.2, 0) is 11.2 Å². The van der Waals surface area contributed by atoms with Crippen molar-refractivity contribution in [3.8, 4) is 0 Å². The van der Waals surface area contributed by atoms with Crippen LogP contribution in [0.5, 0.6) is 0 Å². The van der Waals surface area contributed by atoms with Crippen molar-refractivity contribution in [3.05, 3.63) is 29.7 Å². The van der Waals surface area contributed by atoms with Gasteiger partial charge in [0.1, 0.15) is 0 Å². The first-order valence-corrected chi connectivity index (χ1v) is 11.0. The number of aromatic nitrogens is 5. The second-order valence-electron chi connectivity index (χ2n) is 8.86. The molecule has 2 aliphatic rings. The third kappa shape index (κ3) is 4.49. The number of carbonyl (C=O) groups is 1. The zero-order valence-corrected chi connectivity index (χ0v) is 20.9. The van der Waals surface area contributed by atoms with Gasteiger partial charge in [0.25, 0.3) is 0 Å². The maximum Gasteiger partial charge on any atom is 0.360 e. The number of nitrogens with one attached hydrogen (secondary N) is 1. The smallest absolute Gasteiger partial charge is 0.360 e. The minimum atomic E-state index is -0.505. The first-order valence-electron chi connectivity index (χ1n) is 11.0. The van der Waals surface area contributed by atoms with Crippen LogP contribution < -0.4 is 15.5 Å². The van der Waals surface area contributed by atoms with Gasteiger partial charge in [-0.25, -0.2) is 14.8 Å². The third-order valence-corrected chi connectivity index (χ3v) is 6.71. The molecule has 2 aliphatic heterocycles. The van der Waals surface area contributed by atoms with Crippen LogP contribution in [0.25, 0.3) is 11.2 Å². The molecule has 0 atom stereocenters. The number of methoxy groups -OCH3 is 1. The van der Waals surface area contributed by atoms with Gasteiger partial charge in [-0.1, -0.05) is 6.92 Å². The van der Waals surface area contributed by atoms with Gasteiger partial charge < -0.3 is 20.3 Å². The topological polar surface area (TPSA) is 126 Å². The van der Waals surface area contributed by atoms with Gasteiger partial charge in [-0.05, 0) is 49.8 Å². The van der Waals surface area contributed by atoms with Crippen LogP contribution in [0.3, 0.4) is 0 Å². The van der Waals surface area contributed by atoms with Crippen molar-refractivity contribution in [1.29, 1.82) is 0 Å². The SMILES string of the molecule is COC(=O)c1nc2c(N3CCCc4ncccc43)n[nH]c2nc1N1CCC(C)(CN)CC1.Cl.Cl. The molecule has 12 heteroatoms. The Morgan fingerprint density at radius 1 is 1.21 bits per heavy atom. The van der Waals surface area contributed by atoms with Crippen molar-refractivity contribution in [2.75, 3.05) is 43.1 Å². The second kappa shape index (κ2) is 10.3. The lowest BCUT2D eigenvalue weighted by Gasteiger charge is -2.39. The molecule has 0 aromatic carbocycles. The number of fused-ring (bicyclic) bond motifs is 2. The Hall–Kier alpha value is -2.69. The Morgan fingerprint density at radius 3 is 2.68 bits per heavy atom. The van der Waals surface area contributed by atoms with E-state index in [1.54, 1.807) is 6.20 Å². The molecular weight excluding hydrogens is 479 g/mol. The van der Waals surface area contributed by atoms with E-state index in [2.05, 4.69) is 31.9 Å². The van der Waals surface area contributed by atoms with E-state index in [4.69, 9.17) is 20.4 Å². The lowest BCUT2D eigenvalue weighted by Crippen LogP contribution is -2.43. The van der Waals surface area contributed by atoms with E-state index in [0.29, 0.717) is 29.3 Å². The van der Waals surface area contributed by atoms with Gasteiger partial charge in [-0.2, -0.15) is 5.10 Å². The predicted octanol–water partition coefficient (Wildman–Crippen LogP) is 3.03. The molecule has 0 spiro atoms. The monoisotopic (exact) mass is 508 g/mol. The predicted molar refractivity (Wildman–Crippen MR) is 136 cm³/mol. The average Bonchev–Trinajstić information content (AvgIpc) is 3.25. The summed E-state index contributed by atoms with van der Waals surface area (Å²) >= 11 is 0. The summed E-state index contributed by atoms with van der Waals surface area (Å²) in [5, 5.41) is 7.55. The van der Waals surface area contributed by atoms with Crippen LogP contribution in [0.15, 0.2) is 18.3 Å². The van der Waals surface area contributed by atoms with Crippen molar-refractivity contribution in [3.63, 3.8) is 0 Å². The van der Waals surface area contributed by atoms with E-state index < -0.39 is 5.97 Å². The number of carbonyl (C=O) groups excluding carboxylic acids is 1. The van der Waals surface area contributed by atoms with Crippen molar-refractivity contribution in [2.24, 2.45) is 11.1 Å². The number of rotatable bonds is 4. The normalized spacial score (nSPS) is 16.9. The van der Waals surface area contributed by atoms with Crippen LogP contribution in [0.1, 0.15) is 42.4 Å². The van der Waals surface area contributed by atoms with Gasteiger partial charge in [-0.3, -0.25) is 10.1 Å². The largest absolute Gasteiger partial charge is 0.464 e. The second-order valence-corrected chi connectivity index (χ2v) is 8.86. The first kappa shape index (κ1) is 25.9. The van der Waals surface area contributed by atoms with Gasteiger partial charge in [0.2, 0.25) is 0 Å². The van der Waals surface area contributed by atoms with Gasteiger partial charge in [0.05, 0.1) is 18.5 Å². The maximum atomic E-state index is 12.7. The Balaban J connectivity index is 0.00000162. The van der Waals surface area contributed by atoms with Crippen LogP contribution in [0, 0.1) is 5.41 Å². The number of hydrogen-bond donors (Lipinski definition) is 2. The molecule has 1 saturated heterocycles. The van der Waals surface area contributed by atoms with Gasteiger partial charge in [0, 0.05) is 25.8 Å². The minimum absolute atomic E-state index is 0. The van der Waals surface area contributed by atoms with Crippen LogP contribution >= 0.6 is 24.8 Å². The zero-order chi connectivity index (χ0) is 22.3. The highest BCUT2D eigenvalue weighted by atomic mass is 35.5. The van der Waals surface area contributed by atoms with E-state index in [9.17, 15) is 4.79 Å². The Bertz CT molecular complexity index is 1160. The summed E-state index contributed by atoms with van der Waals surface area (Å²) in [6.07, 6.45) is 5.54. The molecule has 3 aromatic heterocycles. The van der Waals surface area contributed by atoms with Crippen molar-refractivity contribution in [2.45, 2.75) is 32.6 Å². The number of H-pyrrole nitrogens is 1. The summed E-state index contributed by atoms with van der Waals surface area (Å²) in [7, 11) is 1.36. The molecule has 5 rings (SSSR count). The van der Waals surface area contributed by atoms with E-state index >= 15 is 0 Å². The minimum Gasteiger partial charge on any atom is -0.464 e. The number of halogens is 2. The number of nitrogens with zero attached hydrogens (tertiary/aromatic N) is 6. The molecule has 1 fully saturated rings. The summed E-state index contributed by atoms with van der Waals surface area (Å²) in [5.41, 5.74) is 9.42. The molecule has 0 aliphatic carbocycles. The van der Waals surface area contributed by atoms with Crippen molar-refractivity contribution in [1.82, 2.24) is 25.1 Å². The number of aryl methyl sites for hydroxylation is 1. The molecule has 0 radical (unpaired) electrons. The molecule has 10 nitrogen and oxygen atoms in total. The molecule has 3 aromatic rings. The molecule has 5 heterocycles. The number of esters is 1. The molecule has 0 bridgehead atoms. The van der Waals surface area contributed by atoms with Crippen LogP contribution in [0.4, 0.5) is 17.3 Å². The Kier molecular flexibility index (Phi) is 7.84. The highest BCUT2D eigenvalue weighted by molar-refractivity contribution is 5.97. The molecular formula is C22H30Cl2N8O2. The molecule has 3 N–H and O–H groups in total. The van der Waals surface area contributed by atoms with Crippen LogP contribution in [0.2, 0.25) is 0 Å². The fraction of sp³-hybridized carbons (Fsp3) is 0.500. The zero-order valence-electron chi connectivity index (χ0n) is 19.3.